The van der Waals surface area contributed by atoms with Gasteiger partial charge in [-0.2, -0.15) is 0 Å². The Morgan fingerprint density at radius 1 is 1.13 bits per heavy atom. The van der Waals surface area contributed by atoms with Crippen LogP contribution in [0.4, 0.5) is 5.69 Å². The fraction of sp³-hybridized carbons (Fsp3) is 0.389. The molecular formula is C18H24N4S. The summed E-state index contributed by atoms with van der Waals surface area (Å²) in [6.45, 7) is 3.04. The monoisotopic (exact) mass is 328 g/mol. The van der Waals surface area contributed by atoms with Crippen molar-refractivity contribution in [2.45, 2.75) is 13.0 Å². The first-order valence-corrected chi connectivity index (χ1v) is 8.77. The third kappa shape index (κ3) is 3.80. The normalized spacial score (nSPS) is 13.7. The van der Waals surface area contributed by atoms with Gasteiger partial charge in [-0.1, -0.05) is 12.1 Å². The minimum absolute atomic E-state index is 0.645. The van der Waals surface area contributed by atoms with E-state index in [1.54, 1.807) is 11.3 Å². The van der Waals surface area contributed by atoms with E-state index >= 15 is 0 Å². The van der Waals surface area contributed by atoms with Crippen molar-refractivity contribution in [2.24, 2.45) is 10.7 Å². The third-order valence-corrected chi connectivity index (χ3v) is 5.11. The molecule has 0 spiro atoms. The van der Waals surface area contributed by atoms with E-state index in [4.69, 9.17) is 5.73 Å². The van der Waals surface area contributed by atoms with Crippen molar-refractivity contribution in [2.75, 3.05) is 34.2 Å². The molecule has 0 saturated heterocycles. The molecule has 2 N–H and O–H groups in total. The summed E-state index contributed by atoms with van der Waals surface area (Å²) in [6.07, 6.45) is 0.912. The van der Waals surface area contributed by atoms with Crippen molar-refractivity contribution >= 4 is 22.9 Å². The first-order chi connectivity index (χ1) is 11.0. The van der Waals surface area contributed by atoms with Gasteiger partial charge in [0, 0.05) is 26.1 Å². The molecule has 0 aliphatic carbocycles. The standard InChI is InChI=1S/C18H24N4S/c1-21(2)7-8-22(3)12-13-4-5-14-11-15-6-9-23-17(15)18(19)20-16(14)10-13/h4-6,9-10H,7-8,11-12H2,1-3H3,(H2,19,20). The summed E-state index contributed by atoms with van der Waals surface area (Å²) in [5, 5.41) is 2.09. The Morgan fingerprint density at radius 2 is 1.96 bits per heavy atom. The van der Waals surface area contributed by atoms with Crippen LogP contribution >= 0.6 is 11.3 Å². The van der Waals surface area contributed by atoms with Gasteiger partial charge in [-0.05, 0) is 55.3 Å². The van der Waals surface area contributed by atoms with Crippen LogP contribution in [0.15, 0.2) is 34.6 Å². The van der Waals surface area contributed by atoms with E-state index in [-0.39, 0.29) is 0 Å². The molecule has 5 heteroatoms. The van der Waals surface area contributed by atoms with Crippen molar-refractivity contribution in [1.29, 1.82) is 0 Å². The second-order valence-corrected chi connectivity index (χ2v) is 7.37. The summed E-state index contributed by atoms with van der Waals surface area (Å²) in [5.41, 5.74) is 11.0. The van der Waals surface area contributed by atoms with Gasteiger partial charge in [0.1, 0.15) is 5.84 Å². The van der Waals surface area contributed by atoms with Gasteiger partial charge in [-0.25, -0.2) is 4.99 Å². The number of likely N-dealkylation sites (N-methyl/N-ethyl adjacent to an activating group) is 2. The van der Waals surface area contributed by atoms with Crippen LogP contribution in [-0.4, -0.2) is 49.9 Å². The molecule has 1 aliphatic heterocycles. The highest BCUT2D eigenvalue weighted by Gasteiger charge is 2.16. The van der Waals surface area contributed by atoms with Gasteiger partial charge in [-0.3, -0.25) is 0 Å². The Balaban J connectivity index is 1.79. The molecule has 0 fully saturated rings. The maximum Gasteiger partial charge on any atom is 0.141 e. The minimum atomic E-state index is 0.645. The summed E-state index contributed by atoms with van der Waals surface area (Å²) in [7, 11) is 6.36. The number of hydrogen-bond donors (Lipinski definition) is 1. The Hall–Kier alpha value is -1.69. The molecule has 1 aromatic heterocycles. The molecule has 0 unspecified atom stereocenters. The zero-order valence-electron chi connectivity index (χ0n) is 14.0. The van der Waals surface area contributed by atoms with Crippen molar-refractivity contribution < 1.29 is 0 Å². The lowest BCUT2D eigenvalue weighted by molar-refractivity contribution is 0.276. The number of rotatable bonds is 5. The van der Waals surface area contributed by atoms with Crippen LogP contribution < -0.4 is 5.73 Å². The molecule has 1 aliphatic rings. The van der Waals surface area contributed by atoms with Gasteiger partial charge in [0.15, 0.2) is 0 Å². The van der Waals surface area contributed by atoms with Crippen LogP contribution in [0.3, 0.4) is 0 Å². The summed E-state index contributed by atoms with van der Waals surface area (Å²) < 4.78 is 0. The lowest BCUT2D eigenvalue weighted by atomic mass is 10.0. The minimum Gasteiger partial charge on any atom is -0.382 e. The first-order valence-electron chi connectivity index (χ1n) is 7.89. The number of aliphatic imine (C=N–C) groups is 1. The van der Waals surface area contributed by atoms with Gasteiger partial charge >= 0.3 is 0 Å². The molecule has 2 heterocycles. The molecule has 3 rings (SSSR count). The molecular weight excluding hydrogens is 304 g/mol. The smallest absolute Gasteiger partial charge is 0.141 e. The van der Waals surface area contributed by atoms with Crippen LogP contribution in [0.2, 0.25) is 0 Å². The Bertz CT molecular complexity index is 718. The van der Waals surface area contributed by atoms with Crippen LogP contribution in [0.5, 0.6) is 0 Å². The highest BCUT2D eigenvalue weighted by molar-refractivity contribution is 7.12. The number of fused-ring (bicyclic) bond motifs is 2. The maximum absolute atomic E-state index is 6.18. The molecule has 2 aromatic rings. The fourth-order valence-electron chi connectivity index (χ4n) is 2.81. The van der Waals surface area contributed by atoms with Gasteiger partial charge in [0.2, 0.25) is 0 Å². The van der Waals surface area contributed by atoms with Gasteiger partial charge in [0.25, 0.3) is 0 Å². The van der Waals surface area contributed by atoms with E-state index in [0.717, 1.165) is 36.6 Å². The molecule has 0 saturated carbocycles. The second kappa shape index (κ2) is 6.83. The quantitative estimate of drug-likeness (QED) is 0.918. The third-order valence-electron chi connectivity index (χ3n) is 4.13. The van der Waals surface area contributed by atoms with Crippen LogP contribution in [0.1, 0.15) is 21.6 Å². The number of nitrogens with two attached hydrogens (primary N) is 1. The topological polar surface area (TPSA) is 44.9 Å². The largest absolute Gasteiger partial charge is 0.382 e. The maximum atomic E-state index is 6.18. The van der Waals surface area contributed by atoms with Crippen LogP contribution in [0.25, 0.3) is 0 Å². The van der Waals surface area contributed by atoms with E-state index in [1.165, 1.54) is 16.7 Å². The second-order valence-electron chi connectivity index (χ2n) is 6.45. The van der Waals surface area contributed by atoms with E-state index in [2.05, 4.69) is 65.6 Å². The Morgan fingerprint density at radius 3 is 2.74 bits per heavy atom. The Kier molecular flexibility index (Phi) is 4.80. The first kappa shape index (κ1) is 16.2. The molecule has 0 radical (unpaired) electrons. The fourth-order valence-corrected chi connectivity index (χ4v) is 3.63. The SMILES string of the molecule is CN(C)CCN(C)Cc1ccc2c(c1)N=C(N)c1sccc1C2. The van der Waals surface area contributed by atoms with E-state index in [9.17, 15) is 0 Å². The highest BCUT2D eigenvalue weighted by Crippen LogP contribution is 2.31. The predicted molar refractivity (Wildman–Crippen MR) is 98.8 cm³/mol. The Labute approximate surface area is 142 Å². The summed E-state index contributed by atoms with van der Waals surface area (Å²) in [6, 6.07) is 8.76. The number of amidine groups is 1. The van der Waals surface area contributed by atoms with Gasteiger partial charge in [0.05, 0.1) is 10.6 Å². The zero-order valence-corrected chi connectivity index (χ0v) is 14.9. The zero-order chi connectivity index (χ0) is 16.4. The lowest BCUT2D eigenvalue weighted by Crippen LogP contribution is -2.28. The van der Waals surface area contributed by atoms with E-state index < -0.39 is 0 Å². The van der Waals surface area contributed by atoms with Crippen LogP contribution in [-0.2, 0) is 13.0 Å². The number of hydrogen-bond acceptors (Lipinski definition) is 5. The predicted octanol–water partition coefficient (Wildman–Crippen LogP) is 2.68. The van der Waals surface area contributed by atoms with Crippen LogP contribution in [0, 0.1) is 0 Å². The lowest BCUT2D eigenvalue weighted by Gasteiger charge is -2.19. The highest BCUT2D eigenvalue weighted by atomic mass is 32.1. The molecule has 23 heavy (non-hydrogen) atoms. The number of thiophene rings is 1. The van der Waals surface area contributed by atoms with E-state index in [0.29, 0.717) is 5.84 Å². The number of nitrogens with zero attached hydrogens (tertiary/aromatic N) is 3. The van der Waals surface area contributed by atoms with Crippen molar-refractivity contribution in [1.82, 2.24) is 9.80 Å². The average molecular weight is 328 g/mol. The average Bonchev–Trinajstić information content (AvgIpc) is 2.91. The molecule has 1 aromatic carbocycles. The van der Waals surface area contributed by atoms with Crippen molar-refractivity contribution in [3.05, 3.63) is 51.2 Å². The molecule has 0 atom stereocenters. The number of benzene rings is 1. The van der Waals surface area contributed by atoms with E-state index in [1.807, 2.05) is 0 Å². The summed E-state index contributed by atoms with van der Waals surface area (Å²) in [5.74, 6) is 0.645. The molecule has 0 amide bonds. The molecule has 4 nitrogen and oxygen atoms in total. The van der Waals surface area contributed by atoms with Crippen molar-refractivity contribution in [3.8, 4) is 0 Å². The van der Waals surface area contributed by atoms with Gasteiger partial charge in [-0.15, -0.1) is 11.3 Å². The molecule has 0 bridgehead atoms. The molecule has 122 valence electrons. The van der Waals surface area contributed by atoms with Crippen molar-refractivity contribution in [3.63, 3.8) is 0 Å². The van der Waals surface area contributed by atoms with Gasteiger partial charge < -0.3 is 15.5 Å². The summed E-state index contributed by atoms with van der Waals surface area (Å²) in [4.78, 5) is 10.3. The summed E-state index contributed by atoms with van der Waals surface area (Å²) >= 11 is 1.67.